The summed E-state index contributed by atoms with van der Waals surface area (Å²) >= 11 is 0. The van der Waals surface area contributed by atoms with Crippen LogP contribution in [0.5, 0.6) is 0 Å². The smallest absolute Gasteiger partial charge is 0.323 e. The highest BCUT2D eigenvalue weighted by atomic mass is 16.5. The summed E-state index contributed by atoms with van der Waals surface area (Å²) in [6.07, 6.45) is 0.681. The number of rotatable bonds is 4. The number of urea groups is 1. The summed E-state index contributed by atoms with van der Waals surface area (Å²) in [5, 5.41) is 11.9. The molecule has 0 aromatic heterocycles. The van der Waals surface area contributed by atoms with Crippen LogP contribution in [0.2, 0.25) is 0 Å². The van der Waals surface area contributed by atoms with Gasteiger partial charge in [-0.2, -0.15) is 0 Å². The Kier molecular flexibility index (Phi) is 4.80. The Hall–Kier alpha value is -2.08. The molecular weight excluding hydrogens is 272 g/mol. The molecule has 0 radical (unpaired) electrons. The number of anilines is 1. The van der Waals surface area contributed by atoms with E-state index in [0.717, 1.165) is 12.0 Å². The van der Waals surface area contributed by atoms with Crippen molar-refractivity contribution >= 4 is 17.7 Å². The van der Waals surface area contributed by atoms with Crippen molar-refractivity contribution in [1.29, 1.82) is 0 Å². The van der Waals surface area contributed by atoms with Crippen LogP contribution in [0.25, 0.3) is 0 Å². The number of carbonyl (C=O) groups is 2. The van der Waals surface area contributed by atoms with Crippen LogP contribution in [0.3, 0.4) is 0 Å². The fourth-order valence-electron chi connectivity index (χ4n) is 2.30. The van der Waals surface area contributed by atoms with Crippen LogP contribution >= 0.6 is 0 Å². The first-order valence-corrected chi connectivity index (χ1v) is 6.95. The van der Waals surface area contributed by atoms with E-state index in [1.807, 2.05) is 26.0 Å². The standard InChI is InChI=1S/C15H20N2O4/c1-10-3-5-12(6-4-10)17(9-14(18)19)15(20)16-13-7-8-21-11(13)2/h3-6,11,13H,7-9H2,1-2H3,(H,16,20)(H,18,19). The fraction of sp³-hybridized carbons (Fsp3) is 0.467. The molecule has 0 spiro atoms. The summed E-state index contributed by atoms with van der Waals surface area (Å²) in [6, 6.07) is 6.68. The molecule has 1 saturated heterocycles. The van der Waals surface area contributed by atoms with E-state index in [2.05, 4.69) is 5.32 Å². The van der Waals surface area contributed by atoms with Gasteiger partial charge < -0.3 is 15.2 Å². The molecule has 2 amide bonds. The van der Waals surface area contributed by atoms with Gasteiger partial charge in [0, 0.05) is 12.3 Å². The number of hydrogen-bond acceptors (Lipinski definition) is 3. The van der Waals surface area contributed by atoms with Crippen molar-refractivity contribution in [2.45, 2.75) is 32.4 Å². The van der Waals surface area contributed by atoms with E-state index in [1.165, 1.54) is 4.90 Å². The van der Waals surface area contributed by atoms with E-state index >= 15 is 0 Å². The third-order valence-electron chi connectivity index (χ3n) is 3.57. The molecule has 1 aliphatic rings. The molecule has 0 aliphatic carbocycles. The van der Waals surface area contributed by atoms with E-state index in [4.69, 9.17) is 9.84 Å². The van der Waals surface area contributed by atoms with Crippen LogP contribution < -0.4 is 10.2 Å². The molecule has 2 atom stereocenters. The van der Waals surface area contributed by atoms with Crippen LogP contribution in [0.4, 0.5) is 10.5 Å². The number of nitrogens with one attached hydrogen (secondary N) is 1. The van der Waals surface area contributed by atoms with Gasteiger partial charge in [0.2, 0.25) is 0 Å². The number of hydrogen-bond donors (Lipinski definition) is 2. The largest absolute Gasteiger partial charge is 0.480 e. The maximum Gasteiger partial charge on any atom is 0.323 e. The minimum absolute atomic E-state index is 0.0568. The number of carboxylic acids is 1. The van der Waals surface area contributed by atoms with Crippen molar-refractivity contribution in [3.05, 3.63) is 29.8 Å². The zero-order chi connectivity index (χ0) is 15.4. The van der Waals surface area contributed by atoms with E-state index in [1.54, 1.807) is 12.1 Å². The normalized spacial score (nSPS) is 21.0. The van der Waals surface area contributed by atoms with Crippen LogP contribution in [-0.4, -0.2) is 42.4 Å². The van der Waals surface area contributed by atoms with E-state index < -0.39 is 12.0 Å². The van der Waals surface area contributed by atoms with E-state index in [0.29, 0.717) is 12.3 Å². The first-order valence-electron chi connectivity index (χ1n) is 6.95. The second-order valence-electron chi connectivity index (χ2n) is 5.24. The molecule has 6 nitrogen and oxygen atoms in total. The van der Waals surface area contributed by atoms with Gasteiger partial charge in [-0.1, -0.05) is 17.7 Å². The summed E-state index contributed by atoms with van der Waals surface area (Å²) in [7, 11) is 0. The average Bonchev–Trinajstić information content (AvgIpc) is 2.82. The predicted octanol–water partition coefficient (Wildman–Crippen LogP) is 1.77. The third-order valence-corrected chi connectivity index (χ3v) is 3.57. The lowest BCUT2D eigenvalue weighted by atomic mass is 10.1. The summed E-state index contributed by atoms with van der Waals surface area (Å²) in [5.74, 6) is -1.05. The Balaban J connectivity index is 2.13. The van der Waals surface area contributed by atoms with Crippen LogP contribution in [0.1, 0.15) is 18.9 Å². The van der Waals surface area contributed by atoms with Crippen molar-refractivity contribution in [2.75, 3.05) is 18.1 Å². The fourth-order valence-corrected chi connectivity index (χ4v) is 2.30. The molecule has 2 unspecified atom stereocenters. The van der Waals surface area contributed by atoms with Crippen LogP contribution in [0, 0.1) is 6.92 Å². The Morgan fingerprint density at radius 3 is 2.57 bits per heavy atom. The van der Waals surface area contributed by atoms with E-state index in [9.17, 15) is 9.59 Å². The molecule has 0 bridgehead atoms. The Labute approximate surface area is 123 Å². The number of carbonyl (C=O) groups excluding carboxylic acids is 1. The molecule has 114 valence electrons. The maximum absolute atomic E-state index is 12.4. The molecule has 21 heavy (non-hydrogen) atoms. The highest BCUT2D eigenvalue weighted by Gasteiger charge is 2.28. The first-order chi connectivity index (χ1) is 9.97. The minimum Gasteiger partial charge on any atom is -0.480 e. The van der Waals surface area contributed by atoms with Crippen molar-refractivity contribution in [3.63, 3.8) is 0 Å². The van der Waals surface area contributed by atoms with Gasteiger partial charge in [0.25, 0.3) is 0 Å². The van der Waals surface area contributed by atoms with Crippen molar-refractivity contribution < 1.29 is 19.4 Å². The van der Waals surface area contributed by atoms with Crippen LogP contribution in [-0.2, 0) is 9.53 Å². The molecule has 1 aliphatic heterocycles. The SMILES string of the molecule is Cc1ccc(N(CC(=O)O)C(=O)NC2CCOC2C)cc1. The van der Waals surface area contributed by atoms with Gasteiger partial charge in [-0.05, 0) is 32.4 Å². The Bertz CT molecular complexity index is 515. The maximum atomic E-state index is 12.4. The van der Waals surface area contributed by atoms with Crippen molar-refractivity contribution in [2.24, 2.45) is 0 Å². The zero-order valence-corrected chi connectivity index (χ0v) is 12.2. The second-order valence-corrected chi connectivity index (χ2v) is 5.24. The first kappa shape index (κ1) is 15.3. The number of carboxylic acid groups (broad SMARTS) is 1. The Morgan fingerprint density at radius 1 is 1.38 bits per heavy atom. The molecule has 1 heterocycles. The molecule has 0 saturated carbocycles. The van der Waals surface area contributed by atoms with Gasteiger partial charge >= 0.3 is 12.0 Å². The number of amides is 2. The van der Waals surface area contributed by atoms with Gasteiger partial charge in [-0.15, -0.1) is 0 Å². The molecule has 2 N–H and O–H groups in total. The molecule has 2 rings (SSSR count). The lowest BCUT2D eigenvalue weighted by Gasteiger charge is -2.25. The summed E-state index contributed by atoms with van der Waals surface area (Å²) in [5.41, 5.74) is 1.61. The van der Waals surface area contributed by atoms with Crippen molar-refractivity contribution in [3.8, 4) is 0 Å². The van der Waals surface area contributed by atoms with Gasteiger partial charge in [0.15, 0.2) is 0 Å². The average molecular weight is 292 g/mol. The number of aryl methyl sites for hydroxylation is 1. The highest BCUT2D eigenvalue weighted by molar-refractivity contribution is 5.96. The molecule has 6 heteroatoms. The monoisotopic (exact) mass is 292 g/mol. The summed E-state index contributed by atoms with van der Waals surface area (Å²) < 4.78 is 5.40. The molecular formula is C15H20N2O4. The van der Waals surface area contributed by atoms with Crippen molar-refractivity contribution in [1.82, 2.24) is 5.32 Å². The minimum atomic E-state index is -1.05. The quantitative estimate of drug-likeness (QED) is 0.886. The lowest BCUT2D eigenvalue weighted by Crippen LogP contribution is -2.48. The summed E-state index contributed by atoms with van der Waals surface area (Å²) in [4.78, 5) is 24.6. The highest BCUT2D eigenvalue weighted by Crippen LogP contribution is 2.17. The number of ether oxygens (including phenoxy) is 1. The Morgan fingerprint density at radius 2 is 2.05 bits per heavy atom. The molecule has 1 aromatic carbocycles. The topological polar surface area (TPSA) is 78.9 Å². The van der Waals surface area contributed by atoms with Gasteiger partial charge in [0.05, 0.1) is 12.1 Å². The summed E-state index contributed by atoms with van der Waals surface area (Å²) in [6.45, 7) is 4.06. The van der Waals surface area contributed by atoms with Gasteiger partial charge in [0.1, 0.15) is 6.54 Å². The predicted molar refractivity (Wildman–Crippen MR) is 78.5 cm³/mol. The van der Waals surface area contributed by atoms with E-state index in [-0.39, 0.29) is 18.7 Å². The number of nitrogens with zero attached hydrogens (tertiary/aromatic N) is 1. The third kappa shape index (κ3) is 3.95. The zero-order valence-electron chi connectivity index (χ0n) is 12.2. The van der Waals surface area contributed by atoms with Crippen LogP contribution in [0.15, 0.2) is 24.3 Å². The van der Waals surface area contributed by atoms with Gasteiger partial charge in [-0.25, -0.2) is 4.79 Å². The molecule has 1 fully saturated rings. The number of benzene rings is 1. The molecule has 1 aromatic rings. The lowest BCUT2D eigenvalue weighted by molar-refractivity contribution is -0.135. The second kappa shape index (κ2) is 6.58. The van der Waals surface area contributed by atoms with Gasteiger partial charge in [-0.3, -0.25) is 9.69 Å². The number of aliphatic carboxylic acids is 1.